The van der Waals surface area contributed by atoms with Crippen LogP contribution in [0.2, 0.25) is 0 Å². The molecule has 0 amide bonds. The Bertz CT molecular complexity index is 402. The highest BCUT2D eigenvalue weighted by Gasteiger charge is 2.07. The summed E-state index contributed by atoms with van der Waals surface area (Å²) in [4.78, 5) is 8.31. The van der Waals surface area contributed by atoms with Crippen molar-refractivity contribution in [3.8, 4) is 0 Å². The summed E-state index contributed by atoms with van der Waals surface area (Å²) in [7, 11) is 3.62. The summed E-state index contributed by atoms with van der Waals surface area (Å²) in [5.41, 5.74) is 0.136. The minimum absolute atomic E-state index is 0.136. The molecule has 0 spiro atoms. The zero-order valence-corrected chi connectivity index (χ0v) is 12.5. The van der Waals surface area contributed by atoms with Gasteiger partial charge >= 0.3 is 0 Å². The summed E-state index contributed by atoms with van der Waals surface area (Å²) >= 11 is 0. The second kappa shape index (κ2) is 7.08. The van der Waals surface area contributed by atoms with E-state index in [4.69, 9.17) is 0 Å². The zero-order chi connectivity index (χ0) is 14.3. The Kier molecular flexibility index (Phi) is 5.75. The van der Waals surface area contributed by atoms with Crippen LogP contribution in [-0.2, 0) is 13.6 Å². The van der Waals surface area contributed by atoms with E-state index in [1.54, 1.807) is 18.1 Å². The van der Waals surface area contributed by atoms with E-state index >= 15 is 0 Å². The molecule has 0 aliphatic rings. The van der Waals surface area contributed by atoms with Crippen molar-refractivity contribution in [1.82, 2.24) is 30.7 Å². The molecule has 19 heavy (non-hydrogen) atoms. The van der Waals surface area contributed by atoms with Crippen molar-refractivity contribution < 1.29 is 0 Å². The zero-order valence-electron chi connectivity index (χ0n) is 12.5. The molecule has 1 rings (SSSR count). The van der Waals surface area contributed by atoms with Gasteiger partial charge in [-0.1, -0.05) is 0 Å². The second-order valence-corrected chi connectivity index (χ2v) is 5.33. The predicted molar refractivity (Wildman–Crippen MR) is 77.0 cm³/mol. The Morgan fingerprint density at radius 3 is 2.58 bits per heavy atom. The summed E-state index contributed by atoms with van der Waals surface area (Å²) in [5, 5.41) is 13.9. The highest BCUT2D eigenvalue weighted by Crippen LogP contribution is 1.96. The van der Waals surface area contributed by atoms with Gasteiger partial charge in [0.25, 0.3) is 0 Å². The van der Waals surface area contributed by atoms with Crippen LogP contribution in [0.5, 0.6) is 0 Å². The quantitative estimate of drug-likeness (QED) is 0.393. The summed E-state index contributed by atoms with van der Waals surface area (Å²) in [6, 6.07) is 0. The van der Waals surface area contributed by atoms with Gasteiger partial charge in [-0.05, 0) is 20.8 Å². The van der Waals surface area contributed by atoms with Crippen LogP contribution < -0.4 is 16.0 Å². The maximum atomic E-state index is 4.16. The molecule has 7 heteroatoms. The van der Waals surface area contributed by atoms with Crippen LogP contribution in [0.25, 0.3) is 0 Å². The molecular weight excluding hydrogens is 242 g/mol. The normalized spacial score (nSPS) is 12.6. The van der Waals surface area contributed by atoms with Crippen molar-refractivity contribution in [3.63, 3.8) is 0 Å². The maximum Gasteiger partial charge on any atom is 0.191 e. The van der Waals surface area contributed by atoms with E-state index < -0.39 is 0 Å². The van der Waals surface area contributed by atoms with Crippen LogP contribution in [0, 0.1) is 0 Å². The first kappa shape index (κ1) is 15.4. The van der Waals surface area contributed by atoms with Crippen molar-refractivity contribution in [3.05, 3.63) is 12.2 Å². The van der Waals surface area contributed by atoms with E-state index in [1.165, 1.54) is 0 Å². The van der Waals surface area contributed by atoms with Gasteiger partial charge in [0.2, 0.25) is 0 Å². The topological polar surface area (TPSA) is 79.2 Å². The van der Waals surface area contributed by atoms with Crippen LogP contribution in [0.1, 0.15) is 26.6 Å². The van der Waals surface area contributed by atoms with Gasteiger partial charge in [-0.25, -0.2) is 4.98 Å². The largest absolute Gasteiger partial charge is 0.355 e. The highest BCUT2D eigenvalue weighted by molar-refractivity contribution is 5.79. The maximum absolute atomic E-state index is 4.16. The number of aromatic nitrogens is 3. The number of nitrogens with zero attached hydrogens (tertiary/aromatic N) is 4. The number of nitrogens with one attached hydrogen (secondary N) is 3. The summed E-state index contributed by atoms with van der Waals surface area (Å²) < 4.78 is 1.74. The fourth-order valence-electron chi connectivity index (χ4n) is 1.48. The van der Waals surface area contributed by atoms with Crippen LogP contribution >= 0.6 is 0 Å². The number of aryl methyl sites for hydroxylation is 1. The van der Waals surface area contributed by atoms with E-state index in [9.17, 15) is 0 Å². The Morgan fingerprint density at radius 1 is 1.32 bits per heavy atom. The number of rotatable bonds is 5. The Morgan fingerprint density at radius 2 is 2.05 bits per heavy atom. The molecule has 0 atom stereocenters. The number of aliphatic imine (C=N–C) groups is 1. The van der Waals surface area contributed by atoms with Crippen molar-refractivity contribution in [2.24, 2.45) is 12.0 Å². The van der Waals surface area contributed by atoms with Crippen LogP contribution in [0.4, 0.5) is 0 Å². The first-order valence-electron chi connectivity index (χ1n) is 6.45. The molecule has 0 saturated heterocycles. The van der Waals surface area contributed by atoms with E-state index in [-0.39, 0.29) is 5.54 Å². The van der Waals surface area contributed by atoms with Crippen molar-refractivity contribution >= 4 is 5.96 Å². The van der Waals surface area contributed by atoms with Gasteiger partial charge in [-0.15, -0.1) is 0 Å². The smallest absolute Gasteiger partial charge is 0.191 e. The van der Waals surface area contributed by atoms with Gasteiger partial charge in [-0.3, -0.25) is 9.67 Å². The van der Waals surface area contributed by atoms with E-state index in [2.05, 4.69) is 51.8 Å². The molecule has 0 fully saturated rings. The fraction of sp³-hybridized carbons (Fsp3) is 0.750. The SMILES string of the molecule is CN=C(NCCNC(C)(C)C)NCc1ncnn1C. The Hall–Kier alpha value is -1.63. The third-order valence-electron chi connectivity index (χ3n) is 2.52. The number of hydrogen-bond donors (Lipinski definition) is 3. The van der Waals surface area contributed by atoms with Crippen LogP contribution in [0.3, 0.4) is 0 Å². The second-order valence-electron chi connectivity index (χ2n) is 5.33. The van der Waals surface area contributed by atoms with Crippen LogP contribution in [-0.4, -0.2) is 46.4 Å². The van der Waals surface area contributed by atoms with Gasteiger partial charge < -0.3 is 16.0 Å². The Balaban J connectivity index is 2.26. The standard InChI is InChI=1S/C12H25N7/c1-12(2,3)17-7-6-14-11(13-4)15-8-10-16-9-18-19(10)5/h9,17H,6-8H2,1-5H3,(H2,13,14,15). The number of hydrogen-bond acceptors (Lipinski definition) is 4. The lowest BCUT2D eigenvalue weighted by Crippen LogP contribution is -2.44. The molecule has 0 unspecified atom stereocenters. The first-order chi connectivity index (χ1) is 8.92. The Labute approximate surface area is 114 Å². The lowest BCUT2D eigenvalue weighted by Gasteiger charge is -2.21. The van der Waals surface area contributed by atoms with Gasteiger partial charge in [0, 0.05) is 32.7 Å². The molecule has 108 valence electrons. The summed E-state index contributed by atoms with van der Waals surface area (Å²) in [5.74, 6) is 1.63. The summed E-state index contributed by atoms with van der Waals surface area (Å²) in [6.45, 7) is 8.74. The molecule has 0 bridgehead atoms. The monoisotopic (exact) mass is 267 g/mol. The highest BCUT2D eigenvalue weighted by atomic mass is 15.3. The molecule has 1 aromatic rings. The molecule has 0 saturated carbocycles. The molecule has 0 aliphatic carbocycles. The minimum Gasteiger partial charge on any atom is -0.355 e. The lowest BCUT2D eigenvalue weighted by atomic mass is 10.1. The molecule has 3 N–H and O–H groups in total. The average molecular weight is 267 g/mol. The number of guanidine groups is 1. The molecule has 7 nitrogen and oxygen atoms in total. The molecule has 1 heterocycles. The molecule has 1 aromatic heterocycles. The third kappa shape index (κ3) is 6.19. The van der Waals surface area contributed by atoms with E-state index in [0.717, 1.165) is 24.9 Å². The summed E-state index contributed by atoms with van der Waals surface area (Å²) in [6.07, 6.45) is 1.54. The third-order valence-corrected chi connectivity index (χ3v) is 2.52. The van der Waals surface area contributed by atoms with E-state index in [1.807, 2.05) is 7.05 Å². The molecule has 0 radical (unpaired) electrons. The van der Waals surface area contributed by atoms with E-state index in [0.29, 0.717) is 6.54 Å². The van der Waals surface area contributed by atoms with Gasteiger partial charge in [-0.2, -0.15) is 5.10 Å². The molecular formula is C12H25N7. The van der Waals surface area contributed by atoms with Crippen molar-refractivity contribution in [2.45, 2.75) is 32.9 Å². The van der Waals surface area contributed by atoms with Gasteiger partial charge in [0.15, 0.2) is 5.96 Å². The first-order valence-corrected chi connectivity index (χ1v) is 6.45. The predicted octanol–water partition coefficient (Wildman–Crippen LogP) is -0.132. The van der Waals surface area contributed by atoms with Crippen molar-refractivity contribution in [2.75, 3.05) is 20.1 Å². The van der Waals surface area contributed by atoms with Crippen LogP contribution in [0.15, 0.2) is 11.3 Å². The molecule has 0 aromatic carbocycles. The fourth-order valence-corrected chi connectivity index (χ4v) is 1.48. The molecule has 0 aliphatic heterocycles. The lowest BCUT2D eigenvalue weighted by molar-refractivity contribution is 0.428. The minimum atomic E-state index is 0.136. The van der Waals surface area contributed by atoms with Crippen molar-refractivity contribution in [1.29, 1.82) is 0 Å². The average Bonchev–Trinajstić information content (AvgIpc) is 2.73. The van der Waals surface area contributed by atoms with Gasteiger partial charge in [0.1, 0.15) is 12.2 Å². The van der Waals surface area contributed by atoms with Gasteiger partial charge in [0.05, 0.1) is 6.54 Å².